The predicted molar refractivity (Wildman–Crippen MR) is 188 cm³/mol. The largest absolute Gasteiger partial charge is 0.491 e. The molecule has 0 heterocycles. The minimum Gasteiger partial charge on any atom is -0.491 e. The van der Waals surface area contributed by atoms with E-state index in [1.54, 1.807) is 26.4 Å². The van der Waals surface area contributed by atoms with E-state index >= 15 is 0 Å². The zero-order chi connectivity index (χ0) is 38.6. The number of esters is 5. The van der Waals surface area contributed by atoms with Gasteiger partial charge >= 0.3 is 29.8 Å². The second-order valence-electron chi connectivity index (χ2n) is 10.7. The Hall–Kier alpha value is -6.32. The van der Waals surface area contributed by atoms with Gasteiger partial charge in [-0.3, -0.25) is 4.79 Å². The van der Waals surface area contributed by atoms with E-state index in [0.29, 0.717) is 18.1 Å². The van der Waals surface area contributed by atoms with Crippen LogP contribution in [0.5, 0.6) is 23.0 Å². The summed E-state index contributed by atoms with van der Waals surface area (Å²) in [6.45, 7) is 6.40. The first-order valence-corrected chi connectivity index (χ1v) is 15.9. The van der Waals surface area contributed by atoms with Gasteiger partial charge in [-0.2, -0.15) is 0 Å². The molecule has 53 heavy (non-hydrogen) atoms. The Morgan fingerprint density at radius 1 is 0.679 bits per heavy atom. The maximum atomic E-state index is 12.9. The molecule has 2 unspecified atom stereocenters. The van der Waals surface area contributed by atoms with Crippen molar-refractivity contribution in [3.63, 3.8) is 0 Å². The summed E-state index contributed by atoms with van der Waals surface area (Å²) in [7, 11) is 3.12. The molecule has 3 aromatic carbocycles. The fraction of sp³-hybridized carbons (Fsp3) is 0.263. The third-order valence-electron chi connectivity index (χ3n) is 6.88. The molecule has 0 aliphatic rings. The highest BCUT2D eigenvalue weighted by Crippen LogP contribution is 2.25. The van der Waals surface area contributed by atoms with E-state index < -0.39 is 36.0 Å². The fourth-order valence-electron chi connectivity index (χ4n) is 4.13. The molecule has 0 amide bonds. The van der Waals surface area contributed by atoms with Gasteiger partial charge in [-0.05, 0) is 66.7 Å². The van der Waals surface area contributed by atoms with Gasteiger partial charge in [0.15, 0.2) is 6.10 Å². The molecule has 0 aliphatic heterocycles. The molecule has 0 aromatic heterocycles. The first kappa shape index (κ1) is 41.1. The Labute approximate surface area is 305 Å². The first-order chi connectivity index (χ1) is 25.6. The molecule has 0 fully saturated rings. The van der Waals surface area contributed by atoms with Gasteiger partial charge in [0.2, 0.25) is 0 Å². The number of hydrogen-bond acceptors (Lipinski definition) is 15. The van der Waals surface area contributed by atoms with Gasteiger partial charge in [-0.25, -0.2) is 19.2 Å². The Kier molecular flexibility index (Phi) is 16.9. The number of benzene rings is 3. The number of methoxy groups -OCH3 is 2. The van der Waals surface area contributed by atoms with Gasteiger partial charge in [0.05, 0.1) is 24.2 Å². The van der Waals surface area contributed by atoms with Gasteiger partial charge in [0, 0.05) is 38.1 Å². The van der Waals surface area contributed by atoms with E-state index in [-0.39, 0.29) is 67.1 Å². The SMILES string of the molecule is C=CC(=O)OCCC(=O)OC(COC(=O)C=C)COc1ccc(C(=O)Oc2ccc(OC(=O)c3ccc(OCC(COC)OC)cc3)c(C=N)c2)cc1. The second-order valence-corrected chi connectivity index (χ2v) is 10.7. The lowest BCUT2D eigenvalue weighted by molar-refractivity contribution is -0.160. The average Bonchev–Trinajstić information content (AvgIpc) is 3.17. The van der Waals surface area contributed by atoms with E-state index in [2.05, 4.69) is 13.2 Å². The van der Waals surface area contributed by atoms with Crippen molar-refractivity contribution in [1.29, 1.82) is 5.41 Å². The summed E-state index contributed by atoms with van der Waals surface area (Å²) >= 11 is 0. The molecule has 15 nitrogen and oxygen atoms in total. The smallest absolute Gasteiger partial charge is 0.343 e. The highest BCUT2D eigenvalue weighted by molar-refractivity contribution is 5.94. The van der Waals surface area contributed by atoms with Crippen LogP contribution in [0.25, 0.3) is 0 Å². The molecule has 0 bridgehead atoms. The van der Waals surface area contributed by atoms with E-state index in [4.69, 9.17) is 48.0 Å². The van der Waals surface area contributed by atoms with Crippen molar-refractivity contribution >= 4 is 36.1 Å². The lowest BCUT2D eigenvalue weighted by Gasteiger charge is -2.18. The summed E-state index contributed by atoms with van der Waals surface area (Å²) in [6.07, 6.45) is 1.34. The highest BCUT2D eigenvalue weighted by Gasteiger charge is 2.19. The van der Waals surface area contributed by atoms with Crippen LogP contribution in [0.15, 0.2) is 92.0 Å². The second kappa shape index (κ2) is 21.8. The van der Waals surface area contributed by atoms with Gasteiger partial charge in [-0.1, -0.05) is 13.2 Å². The maximum absolute atomic E-state index is 12.9. The van der Waals surface area contributed by atoms with Gasteiger partial charge in [-0.15, -0.1) is 0 Å². The van der Waals surface area contributed by atoms with Crippen LogP contribution < -0.4 is 18.9 Å². The zero-order valence-electron chi connectivity index (χ0n) is 29.1. The maximum Gasteiger partial charge on any atom is 0.343 e. The van der Waals surface area contributed by atoms with Gasteiger partial charge in [0.25, 0.3) is 0 Å². The quantitative estimate of drug-likeness (QED) is 0.0505. The average molecular weight is 734 g/mol. The van der Waals surface area contributed by atoms with Crippen molar-refractivity contribution in [1.82, 2.24) is 0 Å². The molecule has 3 rings (SSSR count). The molecule has 15 heteroatoms. The van der Waals surface area contributed by atoms with Crippen LogP contribution in [0, 0.1) is 5.41 Å². The Morgan fingerprint density at radius 3 is 1.77 bits per heavy atom. The number of hydrogen-bond donors (Lipinski definition) is 1. The molecular weight excluding hydrogens is 694 g/mol. The topological polar surface area (TPSA) is 192 Å². The lowest BCUT2D eigenvalue weighted by atomic mass is 10.2. The Morgan fingerprint density at radius 2 is 1.23 bits per heavy atom. The zero-order valence-corrected chi connectivity index (χ0v) is 29.1. The van der Waals surface area contributed by atoms with Crippen molar-refractivity contribution < 1.29 is 66.6 Å². The van der Waals surface area contributed by atoms with Crippen LogP contribution in [-0.4, -0.2) is 95.5 Å². The monoisotopic (exact) mass is 733 g/mol. The summed E-state index contributed by atoms with van der Waals surface area (Å²) in [4.78, 5) is 60.6. The number of carbonyl (C=O) groups is 5. The molecular formula is C38H39NO14. The third-order valence-corrected chi connectivity index (χ3v) is 6.88. The van der Waals surface area contributed by atoms with Crippen LogP contribution in [0.1, 0.15) is 32.7 Å². The summed E-state index contributed by atoms with van der Waals surface area (Å²) in [6, 6.07) is 16.3. The Balaban J connectivity index is 1.55. The molecule has 2 atom stereocenters. The van der Waals surface area contributed by atoms with Crippen molar-refractivity contribution in [3.8, 4) is 23.0 Å². The summed E-state index contributed by atoms with van der Waals surface area (Å²) in [5.74, 6) is -2.57. The summed E-state index contributed by atoms with van der Waals surface area (Å²) in [5.41, 5.74) is 0.584. The number of rotatable bonds is 22. The first-order valence-electron chi connectivity index (χ1n) is 15.9. The van der Waals surface area contributed by atoms with Crippen molar-refractivity contribution in [2.75, 3.05) is 47.3 Å². The molecule has 280 valence electrons. The molecule has 1 N–H and O–H groups in total. The van der Waals surface area contributed by atoms with Crippen LogP contribution in [0.2, 0.25) is 0 Å². The normalized spacial score (nSPS) is 11.5. The van der Waals surface area contributed by atoms with E-state index in [0.717, 1.165) is 18.4 Å². The fourth-order valence-corrected chi connectivity index (χ4v) is 4.13. The molecule has 0 saturated heterocycles. The van der Waals surface area contributed by atoms with Crippen LogP contribution in [-0.2, 0) is 38.1 Å². The molecule has 0 radical (unpaired) electrons. The van der Waals surface area contributed by atoms with Crippen molar-refractivity contribution in [2.45, 2.75) is 18.6 Å². The predicted octanol–water partition coefficient (Wildman–Crippen LogP) is 4.30. The minimum absolute atomic E-state index is 0.0773. The van der Waals surface area contributed by atoms with Gasteiger partial charge < -0.3 is 48.0 Å². The van der Waals surface area contributed by atoms with Crippen molar-refractivity contribution in [2.24, 2.45) is 0 Å². The molecule has 0 spiro atoms. The number of carbonyl (C=O) groups excluding carboxylic acids is 5. The highest BCUT2D eigenvalue weighted by atomic mass is 16.6. The number of ether oxygens (including phenoxy) is 9. The Bertz CT molecular complexity index is 1740. The standard InChI is InChI=1S/C38H39NO14/c1-5-34(40)47-18-17-36(42)51-32(24-50-35(41)6-2)23-49-29-11-7-25(8-12-29)37(43)52-30-15-16-33(27(19-30)20-39)53-38(44)26-9-13-28(14-10-26)48-22-31(46-4)21-45-3/h5-16,19-20,31-32,39H,1-2,17-18,21-24H2,3-4H3. The van der Waals surface area contributed by atoms with Gasteiger partial charge in [0.1, 0.15) is 55.5 Å². The van der Waals surface area contributed by atoms with E-state index in [1.165, 1.54) is 54.6 Å². The van der Waals surface area contributed by atoms with E-state index in [9.17, 15) is 24.0 Å². The third kappa shape index (κ3) is 14.1. The minimum atomic E-state index is -1.02. The van der Waals surface area contributed by atoms with E-state index in [1.807, 2.05) is 0 Å². The molecule has 0 saturated carbocycles. The molecule has 3 aromatic rings. The van der Waals surface area contributed by atoms with Crippen LogP contribution in [0.3, 0.4) is 0 Å². The van der Waals surface area contributed by atoms with Crippen LogP contribution in [0.4, 0.5) is 0 Å². The molecule has 0 aliphatic carbocycles. The van der Waals surface area contributed by atoms with Crippen LogP contribution >= 0.6 is 0 Å². The van der Waals surface area contributed by atoms with Crippen molar-refractivity contribution in [3.05, 3.63) is 109 Å². The number of nitrogens with one attached hydrogen (secondary N) is 1. The summed E-state index contributed by atoms with van der Waals surface area (Å²) in [5, 5.41) is 7.79. The lowest BCUT2D eigenvalue weighted by Crippen LogP contribution is -2.31. The summed E-state index contributed by atoms with van der Waals surface area (Å²) < 4.78 is 47.6.